The number of halogens is 2. The fourth-order valence-electron chi connectivity index (χ4n) is 2.95. The maximum Gasteiger partial charge on any atom is 0.254 e. The van der Waals surface area contributed by atoms with Gasteiger partial charge in [0.2, 0.25) is 0 Å². The van der Waals surface area contributed by atoms with Gasteiger partial charge in [0, 0.05) is 31.0 Å². The van der Waals surface area contributed by atoms with Crippen LogP contribution in [-0.2, 0) is 13.1 Å². The monoisotopic (exact) mass is 429 g/mol. The summed E-state index contributed by atoms with van der Waals surface area (Å²) in [6.45, 7) is 5.09. The molecule has 3 aromatic rings. The Bertz CT molecular complexity index is 1020. The summed E-state index contributed by atoms with van der Waals surface area (Å²) >= 11 is 12.1. The van der Waals surface area contributed by atoms with Gasteiger partial charge in [-0.3, -0.25) is 4.79 Å². The molecule has 1 amide bonds. The number of methoxy groups -OCH3 is 1. The Labute approximate surface area is 180 Å². The quantitative estimate of drug-likeness (QED) is 0.469. The molecule has 150 valence electrons. The molecule has 3 rings (SSSR count). The molecular weight excluding hydrogens is 409 g/mol. The van der Waals surface area contributed by atoms with Gasteiger partial charge in [0.25, 0.3) is 5.91 Å². The van der Waals surface area contributed by atoms with Crippen LogP contribution in [0.3, 0.4) is 0 Å². The van der Waals surface area contributed by atoms with Crippen LogP contribution >= 0.6 is 23.2 Å². The molecule has 0 unspecified atom stereocenters. The van der Waals surface area contributed by atoms with E-state index in [1.165, 1.54) is 0 Å². The lowest BCUT2D eigenvalue weighted by atomic mass is 10.2. The number of benzene rings is 2. The normalized spacial score (nSPS) is 10.6. The lowest BCUT2D eigenvalue weighted by Crippen LogP contribution is -2.32. The molecule has 0 spiro atoms. The van der Waals surface area contributed by atoms with Crippen LogP contribution in [0.25, 0.3) is 0 Å². The van der Waals surface area contributed by atoms with Crippen molar-refractivity contribution >= 4 is 29.1 Å². The summed E-state index contributed by atoms with van der Waals surface area (Å²) in [5, 5.41) is 1.02. The van der Waals surface area contributed by atoms with E-state index in [2.05, 4.69) is 11.6 Å². The molecule has 0 saturated heterocycles. The van der Waals surface area contributed by atoms with Crippen molar-refractivity contribution in [2.75, 3.05) is 13.7 Å². The summed E-state index contributed by atoms with van der Waals surface area (Å²) in [7, 11) is 1.57. The first-order valence-electron chi connectivity index (χ1n) is 9.00. The number of imidazole rings is 1. The van der Waals surface area contributed by atoms with Gasteiger partial charge in [-0.15, -0.1) is 6.58 Å². The Morgan fingerprint density at radius 2 is 2.07 bits per heavy atom. The molecule has 0 radical (unpaired) electrons. The van der Waals surface area contributed by atoms with E-state index in [-0.39, 0.29) is 5.91 Å². The van der Waals surface area contributed by atoms with Crippen LogP contribution in [0.15, 0.2) is 67.5 Å². The van der Waals surface area contributed by atoms with Gasteiger partial charge >= 0.3 is 0 Å². The first-order valence-corrected chi connectivity index (χ1v) is 9.75. The Hall–Kier alpha value is -2.76. The maximum absolute atomic E-state index is 13.0. The molecule has 1 heterocycles. The maximum atomic E-state index is 13.0. The van der Waals surface area contributed by atoms with E-state index in [4.69, 9.17) is 27.9 Å². The van der Waals surface area contributed by atoms with Gasteiger partial charge in [0.15, 0.2) is 0 Å². The standard InChI is InChI=1S/C22H21Cl2N3O2/c1-3-10-27(22(28)17-5-4-6-18(13-17)29-2)15-21-25-9-11-26(21)14-16-7-8-19(23)20(24)12-16/h3-9,11-13H,1,10,14-15H2,2H3. The summed E-state index contributed by atoms with van der Waals surface area (Å²) < 4.78 is 7.21. The average molecular weight is 430 g/mol. The van der Waals surface area contributed by atoms with Crippen LogP contribution < -0.4 is 4.74 Å². The number of nitrogens with zero attached hydrogens (tertiary/aromatic N) is 3. The summed E-state index contributed by atoms with van der Waals surface area (Å²) in [6, 6.07) is 12.6. The second-order valence-electron chi connectivity index (χ2n) is 6.43. The van der Waals surface area contributed by atoms with Crippen molar-refractivity contribution in [3.63, 3.8) is 0 Å². The SMILES string of the molecule is C=CCN(Cc1nccn1Cc1ccc(Cl)c(Cl)c1)C(=O)c1cccc(OC)c1. The molecule has 0 saturated carbocycles. The molecule has 0 atom stereocenters. The van der Waals surface area contributed by atoms with Crippen LogP contribution in [0.1, 0.15) is 21.7 Å². The zero-order valence-corrected chi connectivity index (χ0v) is 17.5. The van der Waals surface area contributed by atoms with Crippen LogP contribution in [0.2, 0.25) is 10.0 Å². The number of aromatic nitrogens is 2. The predicted octanol–water partition coefficient (Wildman–Crippen LogP) is 5.08. The minimum Gasteiger partial charge on any atom is -0.497 e. The van der Waals surface area contributed by atoms with E-state index in [0.717, 1.165) is 11.4 Å². The van der Waals surface area contributed by atoms with Crippen molar-refractivity contribution < 1.29 is 9.53 Å². The highest BCUT2D eigenvalue weighted by molar-refractivity contribution is 6.42. The fourth-order valence-corrected chi connectivity index (χ4v) is 3.28. The van der Waals surface area contributed by atoms with Gasteiger partial charge < -0.3 is 14.2 Å². The molecule has 0 fully saturated rings. The zero-order valence-electron chi connectivity index (χ0n) is 16.0. The first-order chi connectivity index (χ1) is 14.0. The number of carbonyl (C=O) groups excluding carboxylic acids is 1. The highest BCUT2D eigenvalue weighted by atomic mass is 35.5. The third kappa shape index (κ3) is 5.19. The molecule has 0 aliphatic carbocycles. The Morgan fingerprint density at radius 1 is 1.24 bits per heavy atom. The van der Waals surface area contributed by atoms with E-state index < -0.39 is 0 Å². The first kappa shape index (κ1) is 21.0. The van der Waals surface area contributed by atoms with Gasteiger partial charge in [-0.25, -0.2) is 4.98 Å². The van der Waals surface area contributed by atoms with Gasteiger partial charge in [0.1, 0.15) is 11.6 Å². The lowest BCUT2D eigenvalue weighted by Gasteiger charge is -2.22. The van der Waals surface area contributed by atoms with Gasteiger partial charge in [0.05, 0.1) is 23.7 Å². The largest absolute Gasteiger partial charge is 0.497 e. The Kier molecular flexibility index (Phi) is 6.96. The van der Waals surface area contributed by atoms with Crippen LogP contribution in [0.5, 0.6) is 5.75 Å². The number of hydrogen-bond donors (Lipinski definition) is 0. The number of ether oxygens (including phenoxy) is 1. The lowest BCUT2D eigenvalue weighted by molar-refractivity contribution is 0.0757. The average Bonchev–Trinajstić information content (AvgIpc) is 3.16. The van der Waals surface area contributed by atoms with E-state index >= 15 is 0 Å². The third-order valence-corrected chi connectivity index (χ3v) is 5.16. The highest BCUT2D eigenvalue weighted by Gasteiger charge is 2.18. The van der Waals surface area contributed by atoms with Crippen molar-refractivity contribution in [1.82, 2.24) is 14.5 Å². The smallest absolute Gasteiger partial charge is 0.254 e. The van der Waals surface area contributed by atoms with Crippen LogP contribution in [0, 0.1) is 0 Å². The van der Waals surface area contributed by atoms with Gasteiger partial charge in [-0.2, -0.15) is 0 Å². The molecule has 0 N–H and O–H groups in total. The fraction of sp³-hybridized carbons (Fsp3) is 0.182. The van der Waals surface area contributed by atoms with Gasteiger partial charge in [-0.05, 0) is 35.9 Å². The summed E-state index contributed by atoms with van der Waals surface area (Å²) in [6.07, 6.45) is 5.29. The summed E-state index contributed by atoms with van der Waals surface area (Å²) in [4.78, 5) is 19.2. The number of hydrogen-bond acceptors (Lipinski definition) is 3. The van der Waals surface area contributed by atoms with Crippen molar-refractivity contribution in [2.24, 2.45) is 0 Å². The topological polar surface area (TPSA) is 47.4 Å². The number of rotatable bonds is 8. The Morgan fingerprint density at radius 3 is 2.79 bits per heavy atom. The van der Waals surface area contributed by atoms with E-state index in [1.807, 2.05) is 22.9 Å². The van der Waals surface area contributed by atoms with Crippen LogP contribution in [0.4, 0.5) is 0 Å². The molecule has 29 heavy (non-hydrogen) atoms. The molecule has 0 aliphatic rings. The van der Waals surface area contributed by atoms with Crippen molar-refractivity contribution in [1.29, 1.82) is 0 Å². The van der Waals surface area contributed by atoms with Crippen molar-refractivity contribution in [3.8, 4) is 5.75 Å². The van der Waals surface area contributed by atoms with Crippen molar-refractivity contribution in [3.05, 3.63) is 94.5 Å². The second kappa shape index (κ2) is 9.63. The molecule has 1 aromatic heterocycles. The number of amides is 1. The molecule has 0 aliphatic heterocycles. The van der Waals surface area contributed by atoms with Crippen molar-refractivity contribution in [2.45, 2.75) is 13.1 Å². The van der Waals surface area contributed by atoms with Crippen LogP contribution in [-0.4, -0.2) is 34.0 Å². The third-order valence-electron chi connectivity index (χ3n) is 4.42. The van der Waals surface area contributed by atoms with Gasteiger partial charge in [-0.1, -0.05) is 41.4 Å². The zero-order chi connectivity index (χ0) is 20.8. The highest BCUT2D eigenvalue weighted by Crippen LogP contribution is 2.23. The molecule has 0 bridgehead atoms. The van der Waals surface area contributed by atoms with E-state index in [0.29, 0.717) is 41.0 Å². The molecule has 7 heteroatoms. The summed E-state index contributed by atoms with van der Waals surface area (Å²) in [5.41, 5.74) is 1.54. The molecule has 5 nitrogen and oxygen atoms in total. The second-order valence-corrected chi connectivity index (χ2v) is 7.24. The summed E-state index contributed by atoms with van der Waals surface area (Å²) in [5.74, 6) is 1.28. The molecule has 2 aromatic carbocycles. The molecular formula is C22H21Cl2N3O2. The number of carbonyl (C=O) groups is 1. The minimum absolute atomic E-state index is 0.118. The Balaban J connectivity index is 1.80. The predicted molar refractivity (Wildman–Crippen MR) is 116 cm³/mol. The minimum atomic E-state index is -0.118. The van der Waals surface area contributed by atoms with E-state index in [9.17, 15) is 4.79 Å². The van der Waals surface area contributed by atoms with E-state index in [1.54, 1.807) is 54.6 Å².